The Labute approximate surface area is 72.8 Å². The molecule has 0 atom stereocenters. The lowest BCUT2D eigenvalue weighted by atomic mass is 10.3. The molecular weight excluding hydrogens is 170 g/mol. The van der Waals surface area contributed by atoms with E-state index in [1.165, 1.54) is 6.92 Å². The van der Waals surface area contributed by atoms with Crippen LogP contribution in [0, 0.1) is 0 Å². The lowest BCUT2D eigenvalue weighted by Gasteiger charge is -2.08. The summed E-state index contributed by atoms with van der Waals surface area (Å²) in [5, 5.41) is 4.57. The van der Waals surface area contributed by atoms with Crippen LogP contribution >= 0.6 is 0 Å². The molecule has 1 aromatic heterocycles. The molecule has 12 heavy (non-hydrogen) atoms. The third-order valence-electron chi connectivity index (χ3n) is 1.61. The first-order valence-electron chi connectivity index (χ1n) is 3.89. The van der Waals surface area contributed by atoms with Gasteiger partial charge in [-0.15, -0.1) is 0 Å². The van der Waals surface area contributed by atoms with Crippen molar-refractivity contribution in [3.05, 3.63) is 11.8 Å². The largest absolute Gasteiger partial charge is 0.366 e. The number of Topliss-reactive ketones (excluding diaryl/α,β-unsaturated/α-hetero) is 1. The smallest absolute Gasteiger partial charge is 0.181 e. The van der Waals surface area contributed by atoms with E-state index in [0.717, 1.165) is 5.38 Å². The molecule has 1 heterocycles. The molecule has 4 heteroatoms. The van der Waals surface area contributed by atoms with Gasteiger partial charge in [-0.2, -0.15) is 0 Å². The summed E-state index contributed by atoms with van der Waals surface area (Å²) in [5.41, 5.74) is 0.437. The van der Waals surface area contributed by atoms with Crippen LogP contribution in [-0.4, -0.2) is 19.0 Å². The maximum atomic E-state index is 10.9. The van der Waals surface area contributed by atoms with Gasteiger partial charge in [0.25, 0.3) is 0 Å². The predicted octanol–water partition coefficient (Wildman–Crippen LogP) is 1.42. The fourth-order valence-corrected chi connectivity index (χ4v) is 1.68. The molecule has 66 valence electrons. The Balaban J connectivity index is 3.00. The Kier molecular flexibility index (Phi) is 2.19. The molecular formula is C8H13NO2Si. The topological polar surface area (TPSA) is 43.1 Å². The minimum absolute atomic E-state index is 0.0387. The zero-order chi connectivity index (χ0) is 9.35. The molecule has 1 rings (SSSR count). The van der Waals surface area contributed by atoms with Crippen LogP contribution in [-0.2, 0) is 0 Å². The molecule has 0 bridgehead atoms. The minimum atomic E-state index is -1.44. The van der Waals surface area contributed by atoms with Crippen LogP contribution in [0.15, 0.2) is 10.6 Å². The Hall–Kier alpha value is -0.903. The molecule has 0 aromatic carbocycles. The normalized spacial score (nSPS) is 11.7. The second-order valence-electron chi connectivity index (χ2n) is 3.88. The van der Waals surface area contributed by atoms with Crippen molar-refractivity contribution in [2.24, 2.45) is 0 Å². The number of nitrogens with zero attached hydrogens (tertiary/aromatic N) is 1. The fourth-order valence-electron chi connectivity index (χ4n) is 0.795. The second-order valence-corrected chi connectivity index (χ2v) is 8.88. The molecule has 3 nitrogen and oxygen atoms in total. The molecule has 0 aliphatic heterocycles. The first kappa shape index (κ1) is 9.19. The number of rotatable bonds is 2. The molecule has 0 aliphatic carbocycles. The number of carbonyl (C=O) groups excluding carboxylic acids is 1. The summed E-state index contributed by atoms with van der Waals surface area (Å²) < 4.78 is 5.08. The monoisotopic (exact) mass is 183 g/mol. The first-order chi connectivity index (χ1) is 5.41. The highest BCUT2D eigenvalue weighted by Gasteiger charge is 2.22. The van der Waals surface area contributed by atoms with Crippen LogP contribution in [0.3, 0.4) is 0 Å². The van der Waals surface area contributed by atoms with Crippen LogP contribution < -0.4 is 5.38 Å². The molecule has 0 saturated carbocycles. The zero-order valence-corrected chi connectivity index (χ0v) is 8.84. The van der Waals surface area contributed by atoms with Crippen molar-refractivity contribution in [3.63, 3.8) is 0 Å². The molecule has 0 unspecified atom stereocenters. The van der Waals surface area contributed by atoms with Gasteiger partial charge in [0.15, 0.2) is 5.78 Å². The van der Waals surface area contributed by atoms with E-state index in [9.17, 15) is 4.79 Å². The highest BCUT2D eigenvalue weighted by molar-refractivity contribution is 6.87. The highest BCUT2D eigenvalue weighted by atomic mass is 28.3. The summed E-state index contributed by atoms with van der Waals surface area (Å²) in [4.78, 5) is 10.9. The third-order valence-corrected chi connectivity index (χ3v) is 3.32. The van der Waals surface area contributed by atoms with Crippen LogP contribution in [0.1, 0.15) is 17.4 Å². The summed E-state index contributed by atoms with van der Waals surface area (Å²) >= 11 is 0. The van der Waals surface area contributed by atoms with Gasteiger partial charge in [-0.3, -0.25) is 4.79 Å². The Bertz CT molecular complexity index is 298. The fraction of sp³-hybridized carbons (Fsp3) is 0.500. The van der Waals surface area contributed by atoms with E-state index < -0.39 is 8.07 Å². The summed E-state index contributed by atoms with van der Waals surface area (Å²) in [6.07, 6.45) is 0. The van der Waals surface area contributed by atoms with Crippen LogP contribution in [0.5, 0.6) is 0 Å². The Morgan fingerprint density at radius 1 is 1.50 bits per heavy atom. The van der Waals surface area contributed by atoms with Gasteiger partial charge in [0.2, 0.25) is 0 Å². The lowest BCUT2D eigenvalue weighted by Crippen LogP contribution is -2.36. The van der Waals surface area contributed by atoms with Gasteiger partial charge < -0.3 is 4.52 Å². The first-order valence-corrected chi connectivity index (χ1v) is 7.39. The third kappa shape index (κ3) is 1.82. The van der Waals surface area contributed by atoms with Gasteiger partial charge in [-0.05, 0) is 0 Å². The van der Waals surface area contributed by atoms with E-state index in [-0.39, 0.29) is 5.78 Å². The van der Waals surface area contributed by atoms with E-state index >= 15 is 0 Å². The van der Waals surface area contributed by atoms with Crippen molar-refractivity contribution >= 4 is 19.2 Å². The van der Waals surface area contributed by atoms with Gasteiger partial charge in [0.05, 0.1) is 0 Å². The van der Waals surface area contributed by atoms with E-state index in [2.05, 4.69) is 24.8 Å². The lowest BCUT2D eigenvalue weighted by molar-refractivity contribution is 0.100. The number of hydrogen-bond acceptors (Lipinski definition) is 3. The van der Waals surface area contributed by atoms with Crippen molar-refractivity contribution in [3.8, 4) is 0 Å². The summed E-state index contributed by atoms with van der Waals surface area (Å²) in [6, 6.07) is 1.76. The summed E-state index contributed by atoms with van der Waals surface area (Å²) in [7, 11) is -1.44. The van der Waals surface area contributed by atoms with Crippen molar-refractivity contribution in [1.82, 2.24) is 5.16 Å². The predicted molar refractivity (Wildman–Crippen MR) is 49.5 cm³/mol. The quantitative estimate of drug-likeness (QED) is 0.514. The van der Waals surface area contributed by atoms with Crippen molar-refractivity contribution in [2.75, 3.05) is 0 Å². The Morgan fingerprint density at radius 3 is 2.33 bits per heavy atom. The standard InChI is InChI=1S/C8H13NO2Si/c1-6(10)7-5-8(11-9-7)12(2,3)4/h5H,1-4H3. The average Bonchev–Trinajstić information content (AvgIpc) is 2.30. The van der Waals surface area contributed by atoms with Gasteiger partial charge in [-0.1, -0.05) is 24.8 Å². The van der Waals surface area contributed by atoms with Crippen molar-refractivity contribution in [1.29, 1.82) is 0 Å². The maximum Gasteiger partial charge on any atom is 0.181 e. The van der Waals surface area contributed by atoms with E-state index in [0.29, 0.717) is 5.69 Å². The van der Waals surface area contributed by atoms with E-state index in [1.54, 1.807) is 6.07 Å². The van der Waals surface area contributed by atoms with Crippen LogP contribution in [0.4, 0.5) is 0 Å². The van der Waals surface area contributed by atoms with Crippen molar-refractivity contribution in [2.45, 2.75) is 26.6 Å². The number of hydrogen-bond donors (Lipinski definition) is 0. The zero-order valence-electron chi connectivity index (χ0n) is 7.84. The van der Waals surface area contributed by atoms with Gasteiger partial charge in [0.1, 0.15) is 19.2 Å². The molecule has 0 N–H and O–H groups in total. The van der Waals surface area contributed by atoms with E-state index in [1.807, 2.05) is 0 Å². The molecule has 0 fully saturated rings. The average molecular weight is 183 g/mol. The van der Waals surface area contributed by atoms with Gasteiger partial charge >= 0.3 is 0 Å². The number of ketones is 1. The van der Waals surface area contributed by atoms with E-state index in [4.69, 9.17) is 4.52 Å². The summed E-state index contributed by atoms with van der Waals surface area (Å²) in [6.45, 7) is 7.94. The van der Waals surface area contributed by atoms with Crippen molar-refractivity contribution < 1.29 is 9.32 Å². The minimum Gasteiger partial charge on any atom is -0.366 e. The molecule has 0 saturated heterocycles. The Morgan fingerprint density at radius 2 is 2.08 bits per heavy atom. The molecule has 0 radical (unpaired) electrons. The van der Waals surface area contributed by atoms with Crippen LogP contribution in [0.2, 0.25) is 19.6 Å². The SMILES string of the molecule is CC(=O)c1cc([Si](C)(C)C)on1. The maximum absolute atomic E-state index is 10.9. The van der Waals surface area contributed by atoms with Gasteiger partial charge in [0, 0.05) is 13.0 Å². The summed E-state index contributed by atoms with van der Waals surface area (Å²) in [5.74, 6) is -0.0387. The molecule has 1 aromatic rings. The van der Waals surface area contributed by atoms with Gasteiger partial charge in [-0.25, -0.2) is 0 Å². The second kappa shape index (κ2) is 2.86. The molecule has 0 amide bonds. The number of carbonyl (C=O) groups is 1. The van der Waals surface area contributed by atoms with Crippen LogP contribution in [0.25, 0.3) is 0 Å². The highest BCUT2D eigenvalue weighted by Crippen LogP contribution is 2.03. The molecule has 0 aliphatic rings. The number of aromatic nitrogens is 1. The molecule has 0 spiro atoms.